The molecule has 0 radical (unpaired) electrons. The van der Waals surface area contributed by atoms with Gasteiger partial charge in [-0.3, -0.25) is 4.90 Å². The maximum atomic E-state index is 12.8. The Kier molecular flexibility index (Phi) is 5.35. The van der Waals surface area contributed by atoms with Crippen molar-refractivity contribution in [2.45, 2.75) is 38.3 Å². The van der Waals surface area contributed by atoms with Gasteiger partial charge in [-0.25, -0.2) is 13.4 Å². The summed E-state index contributed by atoms with van der Waals surface area (Å²) in [4.78, 5) is 9.72. The highest BCUT2D eigenvalue weighted by atomic mass is 32.2. The van der Waals surface area contributed by atoms with Crippen LogP contribution in [0.2, 0.25) is 0 Å². The van der Waals surface area contributed by atoms with Gasteiger partial charge in [0.25, 0.3) is 0 Å². The molecule has 0 aliphatic carbocycles. The standard InChI is InChI=1S/C15H26N4O3S/c1-2-18-8-9-19(11-14(18)15-16-6-7-17-15)23(20,21)12-13-5-3-4-10-22-13/h6-7,13-14H,2-5,8-12H2,1H3,(H,16,17)/t13-,14+/m0/s1. The second-order valence-corrected chi connectivity index (χ2v) is 8.26. The van der Waals surface area contributed by atoms with Crippen LogP contribution in [0.3, 0.4) is 0 Å². The molecule has 2 aliphatic rings. The molecule has 1 aromatic rings. The first kappa shape index (κ1) is 16.9. The molecule has 3 rings (SSSR count). The van der Waals surface area contributed by atoms with Gasteiger partial charge in [-0.15, -0.1) is 0 Å². The number of rotatable bonds is 5. The topological polar surface area (TPSA) is 78.5 Å². The Bertz CT molecular complexity index is 584. The van der Waals surface area contributed by atoms with E-state index in [0.717, 1.165) is 38.2 Å². The van der Waals surface area contributed by atoms with Crippen molar-refractivity contribution >= 4 is 10.0 Å². The molecular formula is C15H26N4O3S. The average molecular weight is 342 g/mol. The number of H-pyrrole nitrogens is 1. The van der Waals surface area contributed by atoms with E-state index in [0.29, 0.717) is 19.7 Å². The largest absolute Gasteiger partial charge is 0.377 e. The maximum absolute atomic E-state index is 12.8. The molecule has 8 heteroatoms. The third-order valence-electron chi connectivity index (χ3n) is 4.76. The van der Waals surface area contributed by atoms with Crippen LogP contribution in [0.25, 0.3) is 0 Å². The monoisotopic (exact) mass is 342 g/mol. The van der Waals surface area contributed by atoms with Crippen LogP contribution in [0.15, 0.2) is 12.4 Å². The first-order chi connectivity index (χ1) is 11.1. The van der Waals surface area contributed by atoms with Gasteiger partial charge in [-0.2, -0.15) is 4.31 Å². The molecule has 2 atom stereocenters. The Labute approximate surface area is 138 Å². The van der Waals surface area contributed by atoms with Gasteiger partial charge in [0.05, 0.1) is 17.9 Å². The number of imidazole rings is 1. The summed E-state index contributed by atoms with van der Waals surface area (Å²) < 4.78 is 32.7. The second-order valence-electron chi connectivity index (χ2n) is 6.24. The summed E-state index contributed by atoms with van der Waals surface area (Å²) in [7, 11) is -3.30. The lowest BCUT2D eigenvalue weighted by Crippen LogP contribution is -2.52. The molecule has 2 saturated heterocycles. The number of hydrogen-bond donors (Lipinski definition) is 1. The number of hydrogen-bond acceptors (Lipinski definition) is 5. The Morgan fingerprint density at radius 3 is 2.91 bits per heavy atom. The van der Waals surface area contributed by atoms with E-state index in [9.17, 15) is 8.42 Å². The van der Waals surface area contributed by atoms with Crippen molar-refractivity contribution in [1.82, 2.24) is 19.2 Å². The minimum atomic E-state index is -3.30. The fourth-order valence-corrected chi connectivity index (χ4v) is 5.10. The van der Waals surface area contributed by atoms with Crippen LogP contribution >= 0.6 is 0 Å². The first-order valence-corrected chi connectivity index (χ1v) is 10.0. The maximum Gasteiger partial charge on any atom is 0.216 e. The van der Waals surface area contributed by atoms with E-state index in [4.69, 9.17) is 4.74 Å². The van der Waals surface area contributed by atoms with Crippen molar-refractivity contribution in [2.75, 3.05) is 38.5 Å². The third-order valence-corrected chi connectivity index (χ3v) is 6.67. The Hall–Kier alpha value is -0.960. The van der Waals surface area contributed by atoms with Crippen molar-refractivity contribution < 1.29 is 13.2 Å². The van der Waals surface area contributed by atoms with Crippen LogP contribution in [-0.4, -0.2) is 72.2 Å². The number of aromatic amines is 1. The molecule has 0 saturated carbocycles. The highest BCUT2D eigenvalue weighted by Gasteiger charge is 2.36. The zero-order valence-electron chi connectivity index (χ0n) is 13.6. The molecule has 1 aromatic heterocycles. The Morgan fingerprint density at radius 2 is 2.26 bits per heavy atom. The van der Waals surface area contributed by atoms with Gasteiger partial charge >= 0.3 is 0 Å². The highest BCUT2D eigenvalue weighted by molar-refractivity contribution is 7.89. The van der Waals surface area contributed by atoms with Gasteiger partial charge < -0.3 is 9.72 Å². The summed E-state index contributed by atoms with van der Waals surface area (Å²) in [5.41, 5.74) is 0. The molecule has 0 aromatic carbocycles. The van der Waals surface area contributed by atoms with E-state index in [1.165, 1.54) is 0 Å². The van der Waals surface area contributed by atoms with Gasteiger partial charge in [-0.1, -0.05) is 6.92 Å². The molecule has 3 heterocycles. The molecule has 23 heavy (non-hydrogen) atoms. The first-order valence-electron chi connectivity index (χ1n) is 8.43. The second kappa shape index (κ2) is 7.29. The highest BCUT2D eigenvalue weighted by Crippen LogP contribution is 2.25. The zero-order chi connectivity index (χ0) is 16.3. The van der Waals surface area contributed by atoms with E-state index in [-0.39, 0.29) is 17.9 Å². The molecule has 130 valence electrons. The van der Waals surface area contributed by atoms with Crippen LogP contribution in [0.4, 0.5) is 0 Å². The van der Waals surface area contributed by atoms with Crippen LogP contribution in [0.1, 0.15) is 38.1 Å². The molecule has 0 unspecified atom stereocenters. The van der Waals surface area contributed by atoms with E-state index in [1.807, 2.05) is 0 Å². The molecular weight excluding hydrogens is 316 g/mol. The van der Waals surface area contributed by atoms with Crippen molar-refractivity contribution in [2.24, 2.45) is 0 Å². The number of likely N-dealkylation sites (N-methyl/N-ethyl adjacent to an activating group) is 1. The summed E-state index contributed by atoms with van der Waals surface area (Å²) in [5, 5.41) is 0. The summed E-state index contributed by atoms with van der Waals surface area (Å²) in [5.74, 6) is 0.935. The summed E-state index contributed by atoms with van der Waals surface area (Å²) >= 11 is 0. The number of nitrogens with zero attached hydrogens (tertiary/aromatic N) is 3. The van der Waals surface area contributed by atoms with Gasteiger partial charge in [0.15, 0.2) is 0 Å². The van der Waals surface area contributed by atoms with Crippen molar-refractivity contribution in [3.05, 3.63) is 18.2 Å². The number of ether oxygens (including phenoxy) is 1. The van der Waals surface area contributed by atoms with Crippen molar-refractivity contribution in [3.63, 3.8) is 0 Å². The Morgan fingerprint density at radius 1 is 1.39 bits per heavy atom. The number of aromatic nitrogens is 2. The fraction of sp³-hybridized carbons (Fsp3) is 0.800. The van der Waals surface area contributed by atoms with Crippen LogP contribution in [-0.2, 0) is 14.8 Å². The molecule has 2 aliphatic heterocycles. The average Bonchev–Trinajstić information content (AvgIpc) is 3.09. The summed E-state index contributed by atoms with van der Waals surface area (Å²) in [6, 6.07) is -0.00852. The van der Waals surface area contributed by atoms with E-state index in [1.54, 1.807) is 16.7 Å². The molecule has 7 nitrogen and oxygen atoms in total. The normalized spacial score (nSPS) is 28.0. The fourth-order valence-electron chi connectivity index (χ4n) is 3.42. The molecule has 0 bridgehead atoms. The SMILES string of the molecule is CCN1CCN(S(=O)(=O)C[C@@H]2CCCCO2)C[C@@H]1c1ncc[nH]1. The predicted octanol–water partition coefficient (Wildman–Crippen LogP) is 0.987. The summed E-state index contributed by atoms with van der Waals surface area (Å²) in [6.07, 6.45) is 6.28. The molecule has 0 amide bonds. The number of piperazine rings is 1. The number of nitrogens with one attached hydrogen (secondary N) is 1. The lowest BCUT2D eigenvalue weighted by Gasteiger charge is -2.39. The lowest BCUT2D eigenvalue weighted by molar-refractivity contribution is 0.0292. The molecule has 0 spiro atoms. The quantitative estimate of drug-likeness (QED) is 0.863. The van der Waals surface area contributed by atoms with Gasteiger partial charge in [0.1, 0.15) is 5.82 Å². The summed E-state index contributed by atoms with van der Waals surface area (Å²) in [6.45, 7) is 5.38. The zero-order valence-corrected chi connectivity index (χ0v) is 14.5. The van der Waals surface area contributed by atoms with Gasteiger partial charge in [0, 0.05) is 38.6 Å². The third kappa shape index (κ3) is 3.93. The molecule has 1 N–H and O–H groups in total. The Balaban J connectivity index is 1.69. The van der Waals surface area contributed by atoms with Crippen molar-refractivity contribution in [1.29, 1.82) is 0 Å². The van der Waals surface area contributed by atoms with Crippen molar-refractivity contribution in [3.8, 4) is 0 Å². The van der Waals surface area contributed by atoms with Gasteiger partial charge in [-0.05, 0) is 25.8 Å². The molecule has 2 fully saturated rings. The minimum absolute atomic E-state index is 0.00852. The van der Waals surface area contributed by atoms with Crippen LogP contribution in [0.5, 0.6) is 0 Å². The van der Waals surface area contributed by atoms with Crippen LogP contribution < -0.4 is 0 Å². The van der Waals surface area contributed by atoms with E-state index >= 15 is 0 Å². The minimum Gasteiger partial charge on any atom is -0.377 e. The number of sulfonamides is 1. The smallest absolute Gasteiger partial charge is 0.216 e. The lowest BCUT2D eigenvalue weighted by atomic mass is 10.1. The predicted molar refractivity (Wildman–Crippen MR) is 87.5 cm³/mol. The van der Waals surface area contributed by atoms with Crippen LogP contribution in [0, 0.1) is 0 Å². The van der Waals surface area contributed by atoms with E-state index < -0.39 is 10.0 Å². The van der Waals surface area contributed by atoms with Gasteiger partial charge in [0.2, 0.25) is 10.0 Å². The van der Waals surface area contributed by atoms with E-state index in [2.05, 4.69) is 21.8 Å².